The van der Waals surface area contributed by atoms with E-state index in [0.717, 1.165) is 12.8 Å². The van der Waals surface area contributed by atoms with Gasteiger partial charge < -0.3 is 26.2 Å². The number of nitrogen functional groups attached to an aromatic ring is 1. The minimum absolute atomic E-state index is 0.0180. The Labute approximate surface area is 168 Å². The van der Waals surface area contributed by atoms with Gasteiger partial charge in [-0.3, -0.25) is 14.6 Å². The van der Waals surface area contributed by atoms with Gasteiger partial charge in [0.05, 0.1) is 5.75 Å². The third-order valence-corrected chi connectivity index (χ3v) is 5.21. The SMILES string of the molecule is CC1CCCCC1NC(=O)CSc1nc2nc(N)[nH]c(=O)c2[nH]1.O=C(O)C(=O)O. The normalized spacial score (nSPS) is 18.5. The van der Waals surface area contributed by atoms with E-state index in [1.54, 1.807) is 0 Å². The third-order valence-electron chi connectivity index (χ3n) is 4.34. The summed E-state index contributed by atoms with van der Waals surface area (Å²) in [6.07, 6.45) is 4.62. The molecule has 1 aliphatic rings. The second kappa shape index (κ2) is 9.91. The number of imidazole rings is 1. The monoisotopic (exact) mass is 426 g/mol. The van der Waals surface area contributed by atoms with Crippen molar-refractivity contribution in [1.29, 1.82) is 0 Å². The van der Waals surface area contributed by atoms with Crippen LogP contribution in [0.15, 0.2) is 9.95 Å². The molecule has 2 aromatic heterocycles. The number of hydrogen-bond acceptors (Lipinski definition) is 8. The van der Waals surface area contributed by atoms with Gasteiger partial charge in [0.2, 0.25) is 11.9 Å². The number of rotatable bonds is 4. The van der Waals surface area contributed by atoms with Crippen molar-refractivity contribution >= 4 is 46.7 Å². The second-order valence-electron chi connectivity index (χ2n) is 6.53. The van der Waals surface area contributed by atoms with Gasteiger partial charge in [0.15, 0.2) is 16.3 Å². The van der Waals surface area contributed by atoms with Crippen molar-refractivity contribution in [3.05, 3.63) is 10.4 Å². The number of amides is 1. The molecule has 29 heavy (non-hydrogen) atoms. The van der Waals surface area contributed by atoms with Gasteiger partial charge >= 0.3 is 11.9 Å². The largest absolute Gasteiger partial charge is 0.473 e. The van der Waals surface area contributed by atoms with Crippen LogP contribution in [0, 0.1) is 5.92 Å². The number of anilines is 1. The number of nitrogens with one attached hydrogen (secondary N) is 3. The average molecular weight is 426 g/mol. The summed E-state index contributed by atoms with van der Waals surface area (Å²) in [4.78, 5) is 55.4. The maximum absolute atomic E-state index is 12.1. The quantitative estimate of drug-likeness (QED) is 0.289. The van der Waals surface area contributed by atoms with E-state index in [-0.39, 0.29) is 40.4 Å². The number of carbonyl (C=O) groups excluding carboxylic acids is 1. The maximum atomic E-state index is 12.1. The van der Waals surface area contributed by atoms with Gasteiger partial charge in [0.25, 0.3) is 5.56 Å². The fraction of sp³-hybridized carbons (Fsp3) is 0.500. The van der Waals surface area contributed by atoms with E-state index in [9.17, 15) is 9.59 Å². The molecule has 0 aromatic carbocycles. The zero-order valence-corrected chi connectivity index (χ0v) is 16.4. The van der Waals surface area contributed by atoms with Crippen molar-refractivity contribution in [3.63, 3.8) is 0 Å². The zero-order valence-electron chi connectivity index (χ0n) is 15.6. The van der Waals surface area contributed by atoms with Crippen molar-refractivity contribution in [2.24, 2.45) is 5.92 Å². The Morgan fingerprint density at radius 1 is 1.17 bits per heavy atom. The Bertz CT molecular complexity index is 945. The van der Waals surface area contributed by atoms with E-state index in [2.05, 4.69) is 32.2 Å². The van der Waals surface area contributed by atoms with Gasteiger partial charge in [0.1, 0.15) is 0 Å². The molecule has 1 amide bonds. The van der Waals surface area contributed by atoms with Crippen LogP contribution in [0.4, 0.5) is 5.95 Å². The van der Waals surface area contributed by atoms with Crippen LogP contribution in [0.5, 0.6) is 0 Å². The predicted octanol–water partition coefficient (Wildman–Crippen LogP) is 0.171. The molecular weight excluding hydrogens is 404 g/mol. The summed E-state index contributed by atoms with van der Waals surface area (Å²) < 4.78 is 0. The Morgan fingerprint density at radius 2 is 1.83 bits per heavy atom. The Kier molecular flexibility index (Phi) is 7.59. The molecule has 1 aliphatic carbocycles. The fourth-order valence-corrected chi connectivity index (χ4v) is 3.56. The summed E-state index contributed by atoms with van der Waals surface area (Å²) in [6, 6.07) is 0.261. The van der Waals surface area contributed by atoms with E-state index in [4.69, 9.17) is 25.5 Å². The smallest absolute Gasteiger partial charge is 0.414 e. The van der Waals surface area contributed by atoms with Crippen LogP contribution in [0.3, 0.4) is 0 Å². The first-order valence-electron chi connectivity index (χ1n) is 8.81. The molecule has 2 aromatic rings. The first-order valence-corrected chi connectivity index (χ1v) is 9.79. The molecule has 158 valence electrons. The summed E-state index contributed by atoms with van der Waals surface area (Å²) in [5, 5.41) is 18.4. The lowest BCUT2D eigenvalue weighted by Crippen LogP contribution is -2.41. The molecule has 0 aliphatic heterocycles. The summed E-state index contributed by atoms with van der Waals surface area (Å²) >= 11 is 1.25. The van der Waals surface area contributed by atoms with Gasteiger partial charge in [-0.05, 0) is 18.8 Å². The van der Waals surface area contributed by atoms with Crippen LogP contribution in [0.1, 0.15) is 32.6 Å². The van der Waals surface area contributed by atoms with Crippen LogP contribution in [0.25, 0.3) is 11.2 Å². The van der Waals surface area contributed by atoms with Crippen LogP contribution in [-0.2, 0) is 14.4 Å². The van der Waals surface area contributed by atoms with E-state index >= 15 is 0 Å². The number of carboxylic acid groups (broad SMARTS) is 2. The topological polar surface area (TPSA) is 204 Å². The van der Waals surface area contributed by atoms with Gasteiger partial charge in [-0.1, -0.05) is 31.5 Å². The number of H-pyrrole nitrogens is 2. The first-order chi connectivity index (χ1) is 13.7. The molecule has 0 spiro atoms. The number of nitrogens with two attached hydrogens (primary N) is 1. The van der Waals surface area contributed by atoms with Gasteiger partial charge in [-0.25, -0.2) is 14.6 Å². The Morgan fingerprint density at radius 3 is 2.45 bits per heavy atom. The van der Waals surface area contributed by atoms with E-state index in [1.807, 2.05) is 0 Å². The van der Waals surface area contributed by atoms with Crippen LogP contribution >= 0.6 is 11.8 Å². The fourth-order valence-electron chi connectivity index (χ4n) is 2.88. The van der Waals surface area contributed by atoms with Gasteiger partial charge in [0, 0.05) is 6.04 Å². The van der Waals surface area contributed by atoms with E-state index in [0.29, 0.717) is 11.1 Å². The number of aromatic amines is 2. The molecule has 1 fully saturated rings. The molecule has 0 bridgehead atoms. The number of aromatic nitrogens is 4. The highest BCUT2D eigenvalue weighted by Gasteiger charge is 2.22. The van der Waals surface area contributed by atoms with Gasteiger partial charge in [-0.15, -0.1) is 0 Å². The van der Waals surface area contributed by atoms with Gasteiger partial charge in [-0.2, -0.15) is 4.98 Å². The minimum atomic E-state index is -1.82. The molecule has 2 heterocycles. The average Bonchev–Trinajstić information content (AvgIpc) is 3.05. The first kappa shape index (κ1) is 22.2. The molecule has 12 nitrogen and oxygen atoms in total. The van der Waals surface area contributed by atoms with Crippen molar-refractivity contribution < 1.29 is 24.6 Å². The maximum Gasteiger partial charge on any atom is 0.414 e. The molecule has 2 atom stereocenters. The van der Waals surface area contributed by atoms with E-state index in [1.165, 1.54) is 24.6 Å². The molecule has 13 heteroatoms. The van der Waals surface area contributed by atoms with Crippen molar-refractivity contribution in [2.75, 3.05) is 11.5 Å². The summed E-state index contributed by atoms with van der Waals surface area (Å²) in [7, 11) is 0. The third kappa shape index (κ3) is 6.48. The lowest BCUT2D eigenvalue weighted by Gasteiger charge is -2.29. The standard InChI is InChI=1S/C14H20N6O2S.C2H2O4/c1-7-4-2-3-5-8(7)16-9(21)6-23-14-17-10-11(19-14)18-13(15)20-12(10)22;3-1(4)2(5)6/h7-8H,2-6H2,1H3,(H,16,21)(H4,15,17,18,19,20,22);(H,3,4)(H,5,6). The molecule has 0 saturated heterocycles. The van der Waals surface area contributed by atoms with E-state index < -0.39 is 11.9 Å². The number of carboxylic acids is 2. The van der Waals surface area contributed by atoms with Crippen LogP contribution in [0.2, 0.25) is 0 Å². The highest BCUT2D eigenvalue weighted by Crippen LogP contribution is 2.24. The number of aliphatic carboxylic acids is 2. The highest BCUT2D eigenvalue weighted by atomic mass is 32.2. The van der Waals surface area contributed by atoms with Crippen molar-refractivity contribution in [3.8, 4) is 0 Å². The zero-order chi connectivity index (χ0) is 21.6. The molecule has 1 saturated carbocycles. The number of thioether (sulfide) groups is 1. The Hall–Kier alpha value is -3.09. The van der Waals surface area contributed by atoms with Crippen LogP contribution in [-0.4, -0.2) is 59.8 Å². The minimum Gasteiger partial charge on any atom is -0.473 e. The lowest BCUT2D eigenvalue weighted by atomic mass is 9.86. The summed E-state index contributed by atoms with van der Waals surface area (Å²) in [5.41, 5.74) is 5.64. The lowest BCUT2D eigenvalue weighted by molar-refractivity contribution is -0.159. The molecule has 0 radical (unpaired) electrons. The van der Waals surface area contributed by atoms with Crippen LogP contribution < -0.4 is 16.6 Å². The predicted molar refractivity (Wildman–Crippen MR) is 104 cm³/mol. The second-order valence-corrected chi connectivity index (χ2v) is 7.49. The summed E-state index contributed by atoms with van der Waals surface area (Å²) in [5.74, 6) is -2.87. The summed E-state index contributed by atoms with van der Waals surface area (Å²) in [6.45, 7) is 2.18. The number of nitrogens with zero attached hydrogens (tertiary/aromatic N) is 2. The van der Waals surface area contributed by atoms with Crippen molar-refractivity contribution in [2.45, 2.75) is 43.8 Å². The number of fused-ring (bicyclic) bond motifs is 1. The van der Waals surface area contributed by atoms with Crippen molar-refractivity contribution in [1.82, 2.24) is 25.3 Å². The molecule has 3 rings (SSSR count). The highest BCUT2D eigenvalue weighted by molar-refractivity contribution is 7.99. The molecule has 2 unspecified atom stereocenters. The number of carbonyl (C=O) groups is 3. The molecular formula is C16H22N6O6S. The Balaban J connectivity index is 0.000000438. The molecule has 7 N–H and O–H groups in total. The number of hydrogen-bond donors (Lipinski definition) is 6.